The molecule has 0 heterocycles. The number of carbonyl (C=O) groups excluding carboxylic acids is 1. The van der Waals surface area contributed by atoms with Crippen molar-refractivity contribution in [3.63, 3.8) is 0 Å². The van der Waals surface area contributed by atoms with E-state index in [0.29, 0.717) is 33.3 Å². The molecule has 0 aliphatic carbocycles. The summed E-state index contributed by atoms with van der Waals surface area (Å²) in [6, 6.07) is 17.9. The molecule has 0 aliphatic heterocycles. The predicted octanol–water partition coefficient (Wildman–Crippen LogP) is 4.71. The lowest BCUT2D eigenvalue weighted by atomic mass is 10.2. The number of anilines is 2. The molecule has 0 spiro atoms. The normalized spacial score (nSPS) is 11.0. The first-order valence-electron chi connectivity index (χ1n) is 8.63. The lowest BCUT2D eigenvalue weighted by Crippen LogP contribution is -2.16. The first-order chi connectivity index (χ1) is 13.8. The molecule has 6 nitrogen and oxygen atoms in total. The van der Waals surface area contributed by atoms with Crippen molar-refractivity contribution in [3.05, 3.63) is 82.9 Å². The molecule has 150 valence electrons. The minimum Gasteiger partial charge on any atom is -0.495 e. The number of ether oxygens (including phenoxy) is 1. The number of nitrogens with one attached hydrogen (secondary N) is 2. The summed E-state index contributed by atoms with van der Waals surface area (Å²) < 4.78 is 33.6. The molecular formula is C21H19ClN2O4S. The number of para-hydroxylation sites is 2. The average molecular weight is 431 g/mol. The summed E-state index contributed by atoms with van der Waals surface area (Å²) in [4.78, 5) is 12.5. The Hall–Kier alpha value is -3.03. The van der Waals surface area contributed by atoms with Crippen LogP contribution in [-0.2, 0) is 10.0 Å². The van der Waals surface area contributed by atoms with Gasteiger partial charge in [-0.15, -0.1) is 0 Å². The van der Waals surface area contributed by atoms with Gasteiger partial charge < -0.3 is 10.1 Å². The zero-order valence-electron chi connectivity index (χ0n) is 15.8. The average Bonchev–Trinajstić information content (AvgIpc) is 2.69. The van der Waals surface area contributed by atoms with Crippen LogP contribution in [0, 0.1) is 6.92 Å². The second-order valence-electron chi connectivity index (χ2n) is 6.25. The first kappa shape index (κ1) is 20.7. The smallest absolute Gasteiger partial charge is 0.262 e. The maximum atomic E-state index is 12.9. The van der Waals surface area contributed by atoms with Crippen LogP contribution < -0.4 is 14.8 Å². The summed E-state index contributed by atoms with van der Waals surface area (Å²) in [5.41, 5.74) is 1.58. The third-order valence-corrected chi connectivity index (χ3v) is 5.92. The van der Waals surface area contributed by atoms with Crippen molar-refractivity contribution in [2.24, 2.45) is 0 Å². The van der Waals surface area contributed by atoms with Crippen LogP contribution in [0.25, 0.3) is 0 Å². The second kappa shape index (κ2) is 8.55. The predicted molar refractivity (Wildman–Crippen MR) is 114 cm³/mol. The first-order valence-corrected chi connectivity index (χ1v) is 10.5. The molecule has 0 aliphatic rings. The third-order valence-electron chi connectivity index (χ3n) is 4.17. The van der Waals surface area contributed by atoms with E-state index in [1.807, 2.05) is 0 Å². The summed E-state index contributed by atoms with van der Waals surface area (Å²) in [7, 11) is -2.45. The fraction of sp³-hybridized carbons (Fsp3) is 0.0952. The van der Waals surface area contributed by atoms with Crippen molar-refractivity contribution in [2.75, 3.05) is 17.1 Å². The van der Waals surface area contributed by atoms with Crippen molar-refractivity contribution in [1.82, 2.24) is 0 Å². The van der Waals surface area contributed by atoms with Crippen LogP contribution in [0.15, 0.2) is 71.6 Å². The lowest BCUT2D eigenvalue weighted by molar-refractivity contribution is 0.102. The summed E-state index contributed by atoms with van der Waals surface area (Å²) in [5.74, 6) is 0.0107. The molecule has 0 radical (unpaired) electrons. The van der Waals surface area contributed by atoms with Crippen molar-refractivity contribution < 1.29 is 17.9 Å². The van der Waals surface area contributed by atoms with Gasteiger partial charge in [0.2, 0.25) is 0 Å². The van der Waals surface area contributed by atoms with Crippen LogP contribution in [0.5, 0.6) is 5.75 Å². The van der Waals surface area contributed by atoms with E-state index in [-0.39, 0.29) is 4.90 Å². The Morgan fingerprint density at radius 3 is 2.48 bits per heavy atom. The Bertz CT molecular complexity index is 1160. The number of hydrogen-bond acceptors (Lipinski definition) is 4. The van der Waals surface area contributed by atoms with Gasteiger partial charge in [-0.1, -0.05) is 35.9 Å². The maximum Gasteiger partial charge on any atom is 0.262 e. The largest absolute Gasteiger partial charge is 0.495 e. The Kier molecular flexibility index (Phi) is 6.10. The van der Waals surface area contributed by atoms with Crippen LogP contribution >= 0.6 is 11.6 Å². The molecular weight excluding hydrogens is 412 g/mol. The second-order valence-corrected chi connectivity index (χ2v) is 8.34. The lowest BCUT2D eigenvalue weighted by Gasteiger charge is -2.14. The van der Waals surface area contributed by atoms with Gasteiger partial charge in [0.25, 0.3) is 15.9 Å². The Morgan fingerprint density at radius 1 is 1.00 bits per heavy atom. The van der Waals surface area contributed by atoms with E-state index in [9.17, 15) is 13.2 Å². The van der Waals surface area contributed by atoms with Gasteiger partial charge in [0.05, 0.1) is 17.7 Å². The van der Waals surface area contributed by atoms with Crippen LogP contribution in [0.2, 0.25) is 5.02 Å². The summed E-state index contributed by atoms with van der Waals surface area (Å²) in [6.07, 6.45) is 0. The molecule has 0 bridgehead atoms. The fourth-order valence-electron chi connectivity index (χ4n) is 2.73. The SMILES string of the molecule is COc1ccccc1NS(=O)(=O)c1cc(NC(=O)c2cccc(Cl)c2)ccc1C. The van der Waals surface area contributed by atoms with E-state index in [1.54, 1.807) is 61.5 Å². The van der Waals surface area contributed by atoms with Crippen molar-refractivity contribution in [2.45, 2.75) is 11.8 Å². The summed E-state index contributed by atoms with van der Waals surface area (Å²) in [6.45, 7) is 1.68. The molecule has 0 saturated heterocycles. The molecule has 8 heteroatoms. The monoisotopic (exact) mass is 430 g/mol. The van der Waals surface area contributed by atoms with Gasteiger partial charge in [-0.2, -0.15) is 0 Å². The molecule has 0 fully saturated rings. The van der Waals surface area contributed by atoms with Crippen LogP contribution in [0.4, 0.5) is 11.4 Å². The number of rotatable bonds is 6. The zero-order chi connectivity index (χ0) is 21.0. The molecule has 0 atom stereocenters. The van der Waals surface area contributed by atoms with E-state index < -0.39 is 15.9 Å². The highest BCUT2D eigenvalue weighted by atomic mass is 35.5. The van der Waals surface area contributed by atoms with Crippen molar-refractivity contribution in [3.8, 4) is 5.75 Å². The highest BCUT2D eigenvalue weighted by Gasteiger charge is 2.20. The standard InChI is InChI=1S/C21H19ClN2O4S/c1-14-10-11-17(23-21(25)15-6-5-7-16(22)12-15)13-20(14)29(26,27)24-18-8-3-4-9-19(18)28-2/h3-13,24H,1-2H3,(H,23,25). The van der Waals surface area contributed by atoms with Crippen molar-refractivity contribution in [1.29, 1.82) is 0 Å². The minimum absolute atomic E-state index is 0.0484. The van der Waals surface area contributed by atoms with E-state index in [4.69, 9.17) is 16.3 Å². The van der Waals surface area contributed by atoms with Gasteiger partial charge in [0, 0.05) is 16.3 Å². The Balaban J connectivity index is 1.89. The Morgan fingerprint density at radius 2 is 1.76 bits per heavy atom. The van der Waals surface area contributed by atoms with Gasteiger partial charge in [-0.25, -0.2) is 8.42 Å². The number of amides is 1. The topological polar surface area (TPSA) is 84.5 Å². The number of benzene rings is 3. The molecule has 29 heavy (non-hydrogen) atoms. The number of halogens is 1. The molecule has 0 unspecified atom stereocenters. The summed E-state index contributed by atoms with van der Waals surface area (Å²) >= 11 is 5.92. The van der Waals surface area contributed by atoms with Crippen LogP contribution in [-0.4, -0.2) is 21.4 Å². The maximum absolute atomic E-state index is 12.9. The van der Waals surface area contributed by atoms with Gasteiger partial charge in [-0.05, 0) is 55.0 Å². The Labute approximate surface area is 174 Å². The number of sulfonamides is 1. The number of hydrogen-bond donors (Lipinski definition) is 2. The number of carbonyl (C=O) groups is 1. The quantitative estimate of drug-likeness (QED) is 0.593. The van der Waals surface area contributed by atoms with Gasteiger partial charge in [0.15, 0.2) is 0 Å². The number of aryl methyl sites for hydroxylation is 1. The molecule has 3 aromatic carbocycles. The minimum atomic E-state index is -3.91. The molecule has 3 rings (SSSR count). The number of methoxy groups -OCH3 is 1. The molecule has 0 saturated carbocycles. The molecule has 0 aromatic heterocycles. The fourth-order valence-corrected chi connectivity index (χ4v) is 4.26. The molecule has 2 N–H and O–H groups in total. The van der Waals surface area contributed by atoms with E-state index in [1.165, 1.54) is 19.2 Å². The van der Waals surface area contributed by atoms with E-state index in [2.05, 4.69) is 10.0 Å². The highest BCUT2D eigenvalue weighted by molar-refractivity contribution is 7.92. The van der Waals surface area contributed by atoms with Crippen molar-refractivity contribution >= 4 is 38.9 Å². The zero-order valence-corrected chi connectivity index (χ0v) is 17.3. The summed E-state index contributed by atoms with van der Waals surface area (Å²) in [5, 5.41) is 3.13. The van der Waals surface area contributed by atoms with Gasteiger partial charge >= 0.3 is 0 Å². The van der Waals surface area contributed by atoms with Gasteiger partial charge in [0.1, 0.15) is 5.75 Å². The van der Waals surface area contributed by atoms with Gasteiger partial charge in [-0.3, -0.25) is 9.52 Å². The van der Waals surface area contributed by atoms with E-state index >= 15 is 0 Å². The van der Waals surface area contributed by atoms with E-state index in [0.717, 1.165) is 0 Å². The molecule has 1 amide bonds. The third kappa shape index (κ3) is 4.88. The highest BCUT2D eigenvalue weighted by Crippen LogP contribution is 2.28. The van der Waals surface area contributed by atoms with Crippen LogP contribution in [0.1, 0.15) is 15.9 Å². The van der Waals surface area contributed by atoms with Crippen LogP contribution in [0.3, 0.4) is 0 Å². The molecule has 3 aromatic rings.